The first kappa shape index (κ1) is 13.3. The molecule has 4 nitrogen and oxygen atoms in total. The van der Waals surface area contributed by atoms with Gasteiger partial charge in [0.1, 0.15) is 5.41 Å². The molecule has 4 heteroatoms. The van der Waals surface area contributed by atoms with Crippen molar-refractivity contribution in [3.05, 3.63) is 42.0 Å². The summed E-state index contributed by atoms with van der Waals surface area (Å²) in [6.45, 7) is 0.409. The molecule has 1 fully saturated rings. The van der Waals surface area contributed by atoms with Crippen LogP contribution in [0.5, 0.6) is 0 Å². The van der Waals surface area contributed by atoms with Crippen LogP contribution in [0.2, 0.25) is 0 Å². The molecule has 0 unspecified atom stereocenters. The van der Waals surface area contributed by atoms with Gasteiger partial charge in [0.05, 0.1) is 7.11 Å². The molecule has 1 aliphatic rings. The molecular weight excluding hydrogens is 242 g/mol. The Balaban J connectivity index is 1.82. The van der Waals surface area contributed by atoms with Gasteiger partial charge in [0.25, 0.3) is 0 Å². The maximum atomic E-state index is 11.9. The van der Waals surface area contributed by atoms with Gasteiger partial charge in [-0.3, -0.25) is 9.59 Å². The molecule has 1 amide bonds. The largest absolute Gasteiger partial charge is 0.468 e. The molecule has 1 N–H and O–H groups in total. The van der Waals surface area contributed by atoms with Crippen LogP contribution in [-0.4, -0.2) is 25.5 Å². The maximum Gasteiger partial charge on any atom is 0.321 e. The lowest BCUT2D eigenvalue weighted by molar-refractivity contribution is -0.152. The third-order valence-corrected chi connectivity index (χ3v) is 3.25. The molecule has 0 heterocycles. The van der Waals surface area contributed by atoms with Crippen LogP contribution in [0.15, 0.2) is 36.4 Å². The second kappa shape index (κ2) is 5.69. The van der Waals surface area contributed by atoms with Crippen LogP contribution in [0.3, 0.4) is 0 Å². The van der Waals surface area contributed by atoms with Crippen molar-refractivity contribution in [1.82, 2.24) is 5.32 Å². The Morgan fingerprint density at radius 1 is 1.32 bits per heavy atom. The Hall–Kier alpha value is -2.10. The average Bonchev–Trinajstić information content (AvgIpc) is 3.25. The van der Waals surface area contributed by atoms with Crippen LogP contribution >= 0.6 is 0 Å². The number of hydrogen-bond acceptors (Lipinski definition) is 3. The number of rotatable bonds is 5. The Bertz CT molecular complexity index is 489. The Labute approximate surface area is 112 Å². The summed E-state index contributed by atoms with van der Waals surface area (Å²) in [6, 6.07) is 9.82. The summed E-state index contributed by atoms with van der Waals surface area (Å²) < 4.78 is 4.66. The highest BCUT2D eigenvalue weighted by atomic mass is 16.5. The van der Waals surface area contributed by atoms with E-state index in [9.17, 15) is 9.59 Å². The first-order chi connectivity index (χ1) is 9.19. The fourth-order valence-corrected chi connectivity index (χ4v) is 1.92. The third-order valence-electron chi connectivity index (χ3n) is 3.25. The molecule has 0 saturated heterocycles. The molecule has 0 bridgehead atoms. The number of hydrogen-bond donors (Lipinski definition) is 1. The van der Waals surface area contributed by atoms with Gasteiger partial charge in [-0.15, -0.1) is 0 Å². The van der Waals surface area contributed by atoms with Gasteiger partial charge in [-0.25, -0.2) is 0 Å². The highest BCUT2D eigenvalue weighted by molar-refractivity contribution is 6.05. The lowest BCUT2D eigenvalue weighted by atomic mass is 10.1. The van der Waals surface area contributed by atoms with Crippen molar-refractivity contribution in [3.8, 4) is 0 Å². The highest BCUT2D eigenvalue weighted by Crippen LogP contribution is 2.46. The standard InChI is InChI=1S/C15H17NO3/c1-19-14(18)15(9-10-15)13(17)16-11-5-8-12-6-3-2-4-7-12/h2-8H,9-11H2,1H3,(H,16,17)/b8-5+. The molecule has 1 aromatic rings. The van der Waals surface area contributed by atoms with E-state index in [-0.39, 0.29) is 5.91 Å². The van der Waals surface area contributed by atoms with Crippen LogP contribution < -0.4 is 5.32 Å². The lowest BCUT2D eigenvalue weighted by Gasteiger charge is -2.11. The fraction of sp³-hybridized carbons (Fsp3) is 0.333. The number of nitrogens with one attached hydrogen (secondary N) is 1. The van der Waals surface area contributed by atoms with Gasteiger partial charge in [-0.1, -0.05) is 42.5 Å². The number of ether oxygens (including phenoxy) is 1. The van der Waals surface area contributed by atoms with E-state index < -0.39 is 11.4 Å². The van der Waals surface area contributed by atoms with Crippen LogP contribution in [0.4, 0.5) is 0 Å². The summed E-state index contributed by atoms with van der Waals surface area (Å²) in [6.07, 6.45) is 4.94. The first-order valence-corrected chi connectivity index (χ1v) is 6.27. The van der Waals surface area contributed by atoms with Crippen LogP contribution in [0, 0.1) is 5.41 Å². The molecule has 0 atom stereocenters. The molecule has 100 valence electrons. The normalized spacial score (nSPS) is 16.1. The van der Waals surface area contributed by atoms with E-state index in [1.54, 1.807) is 0 Å². The van der Waals surface area contributed by atoms with Gasteiger partial charge in [0.2, 0.25) is 5.91 Å². The minimum absolute atomic E-state index is 0.239. The van der Waals surface area contributed by atoms with Crippen molar-refractivity contribution < 1.29 is 14.3 Å². The van der Waals surface area contributed by atoms with Gasteiger partial charge >= 0.3 is 5.97 Å². The minimum Gasteiger partial charge on any atom is -0.468 e. The summed E-state index contributed by atoms with van der Waals surface area (Å²) in [5, 5.41) is 2.74. The van der Waals surface area contributed by atoms with E-state index in [4.69, 9.17) is 0 Å². The van der Waals surface area contributed by atoms with Gasteiger partial charge in [-0.2, -0.15) is 0 Å². The number of benzene rings is 1. The van der Waals surface area contributed by atoms with E-state index >= 15 is 0 Å². The molecule has 1 aromatic carbocycles. The van der Waals surface area contributed by atoms with Crippen LogP contribution in [0.25, 0.3) is 6.08 Å². The van der Waals surface area contributed by atoms with Gasteiger partial charge in [-0.05, 0) is 18.4 Å². The molecule has 0 radical (unpaired) electrons. The summed E-state index contributed by atoms with van der Waals surface area (Å²) in [5.41, 5.74) is 0.154. The quantitative estimate of drug-likeness (QED) is 0.647. The zero-order valence-electron chi connectivity index (χ0n) is 10.9. The molecule has 0 spiro atoms. The van der Waals surface area contributed by atoms with Gasteiger partial charge in [0, 0.05) is 6.54 Å². The highest BCUT2D eigenvalue weighted by Gasteiger charge is 2.57. The number of amides is 1. The van der Waals surface area contributed by atoms with Crippen LogP contribution in [0.1, 0.15) is 18.4 Å². The van der Waals surface area contributed by atoms with Crippen molar-refractivity contribution in [2.45, 2.75) is 12.8 Å². The van der Waals surface area contributed by atoms with Crippen molar-refractivity contribution >= 4 is 18.0 Å². The molecule has 1 aliphatic carbocycles. The predicted molar refractivity (Wildman–Crippen MR) is 72.2 cm³/mol. The predicted octanol–water partition coefficient (Wildman–Crippen LogP) is 1.77. The minimum atomic E-state index is -0.921. The third kappa shape index (κ3) is 3.02. The summed E-state index contributed by atoms with van der Waals surface area (Å²) in [4.78, 5) is 23.4. The number of carbonyl (C=O) groups excluding carboxylic acids is 2. The topological polar surface area (TPSA) is 55.4 Å². The smallest absolute Gasteiger partial charge is 0.321 e. The average molecular weight is 259 g/mol. The number of methoxy groups -OCH3 is 1. The second-order valence-electron chi connectivity index (χ2n) is 4.60. The Morgan fingerprint density at radius 3 is 2.58 bits per heavy atom. The molecule has 0 aliphatic heterocycles. The maximum absolute atomic E-state index is 11.9. The van der Waals surface area contributed by atoms with E-state index in [0.29, 0.717) is 19.4 Å². The van der Waals surface area contributed by atoms with Crippen molar-refractivity contribution in [2.75, 3.05) is 13.7 Å². The summed E-state index contributed by atoms with van der Waals surface area (Å²) >= 11 is 0. The van der Waals surface area contributed by atoms with Crippen molar-refractivity contribution in [1.29, 1.82) is 0 Å². The molecule has 0 aromatic heterocycles. The van der Waals surface area contributed by atoms with Crippen molar-refractivity contribution in [2.24, 2.45) is 5.41 Å². The van der Waals surface area contributed by atoms with E-state index in [1.807, 2.05) is 42.5 Å². The summed E-state index contributed by atoms with van der Waals surface area (Å²) in [5.74, 6) is -0.672. The van der Waals surface area contributed by atoms with Gasteiger partial charge < -0.3 is 10.1 Å². The first-order valence-electron chi connectivity index (χ1n) is 6.27. The molecular formula is C15H17NO3. The molecule has 2 rings (SSSR count). The molecule has 1 saturated carbocycles. The zero-order chi connectivity index (χ0) is 13.7. The second-order valence-corrected chi connectivity index (χ2v) is 4.60. The van der Waals surface area contributed by atoms with Crippen molar-refractivity contribution in [3.63, 3.8) is 0 Å². The fourth-order valence-electron chi connectivity index (χ4n) is 1.92. The molecule has 19 heavy (non-hydrogen) atoms. The van der Waals surface area contributed by atoms with Gasteiger partial charge in [0.15, 0.2) is 0 Å². The van der Waals surface area contributed by atoms with E-state index in [2.05, 4.69) is 10.1 Å². The monoisotopic (exact) mass is 259 g/mol. The summed E-state index contributed by atoms with van der Waals surface area (Å²) in [7, 11) is 1.31. The number of carbonyl (C=O) groups is 2. The number of esters is 1. The zero-order valence-corrected chi connectivity index (χ0v) is 10.9. The van der Waals surface area contributed by atoms with Crippen LogP contribution in [-0.2, 0) is 14.3 Å². The lowest BCUT2D eigenvalue weighted by Crippen LogP contribution is -2.37. The SMILES string of the molecule is COC(=O)C1(C(=O)NC/C=C/c2ccccc2)CC1. The Morgan fingerprint density at radius 2 is 2.00 bits per heavy atom. The Kier molecular flexibility index (Phi) is 4.00. The van der Waals surface area contributed by atoms with E-state index in [0.717, 1.165) is 5.56 Å². The van der Waals surface area contributed by atoms with E-state index in [1.165, 1.54) is 7.11 Å².